The number of hydrogen-bond donors (Lipinski definition) is 1. The van der Waals surface area contributed by atoms with E-state index >= 15 is 0 Å². The maximum absolute atomic E-state index is 4.70. The van der Waals surface area contributed by atoms with Gasteiger partial charge in [-0.15, -0.1) is 0 Å². The summed E-state index contributed by atoms with van der Waals surface area (Å²) in [7, 11) is 0. The van der Waals surface area contributed by atoms with Crippen molar-refractivity contribution in [1.82, 2.24) is 15.1 Å². The molecule has 0 amide bonds. The molecule has 0 spiro atoms. The Hall–Kier alpha value is -1.09. The Kier molecular flexibility index (Phi) is 5.41. The fourth-order valence-electron chi connectivity index (χ4n) is 2.71. The highest BCUT2D eigenvalue weighted by Gasteiger charge is 2.17. The van der Waals surface area contributed by atoms with Crippen LogP contribution in [0.15, 0.2) is 24.4 Å². The smallest absolute Gasteiger partial charge is 0.0662 e. The molecule has 1 aliphatic carbocycles. The predicted octanol–water partition coefficient (Wildman–Crippen LogP) is 3.88. The lowest BCUT2D eigenvalue weighted by Crippen LogP contribution is -2.36. The van der Waals surface area contributed by atoms with Gasteiger partial charge in [-0.1, -0.05) is 25.0 Å². The highest BCUT2D eigenvalue weighted by molar-refractivity contribution is 5.05. The summed E-state index contributed by atoms with van der Waals surface area (Å²) in [4.78, 5) is 0. The summed E-state index contributed by atoms with van der Waals surface area (Å²) in [5.41, 5.74) is 1.41. The van der Waals surface area contributed by atoms with Crippen molar-refractivity contribution < 1.29 is 0 Å². The van der Waals surface area contributed by atoms with E-state index in [1.54, 1.807) is 0 Å². The molecule has 0 aromatic carbocycles. The van der Waals surface area contributed by atoms with Gasteiger partial charge in [0.15, 0.2) is 0 Å². The second-order valence-corrected chi connectivity index (χ2v) is 6.87. The number of rotatable bonds is 6. The monoisotopic (exact) mass is 275 g/mol. The van der Waals surface area contributed by atoms with Crippen LogP contribution in [0.2, 0.25) is 0 Å². The van der Waals surface area contributed by atoms with Crippen LogP contribution < -0.4 is 5.32 Å². The van der Waals surface area contributed by atoms with Gasteiger partial charge >= 0.3 is 0 Å². The Morgan fingerprint density at radius 3 is 2.75 bits per heavy atom. The summed E-state index contributed by atoms with van der Waals surface area (Å²) in [5, 5.41) is 8.19. The van der Waals surface area contributed by atoms with Crippen LogP contribution >= 0.6 is 0 Å². The molecule has 2 rings (SSSR count). The van der Waals surface area contributed by atoms with Crippen LogP contribution in [-0.4, -0.2) is 21.9 Å². The number of nitrogens with one attached hydrogen (secondary N) is 1. The van der Waals surface area contributed by atoms with Gasteiger partial charge in [0.2, 0.25) is 0 Å². The fraction of sp³-hybridized carbons (Fsp3) is 0.706. The van der Waals surface area contributed by atoms with Gasteiger partial charge in [-0.05, 0) is 52.6 Å². The van der Waals surface area contributed by atoms with Crippen LogP contribution in [-0.2, 0) is 6.42 Å². The van der Waals surface area contributed by atoms with E-state index in [0.717, 1.165) is 19.4 Å². The topological polar surface area (TPSA) is 29.9 Å². The Bertz CT molecular complexity index is 420. The first-order chi connectivity index (χ1) is 9.54. The number of aromatic nitrogens is 2. The molecular weight excluding hydrogens is 246 g/mol. The zero-order valence-electron chi connectivity index (χ0n) is 13.2. The standard InChI is InChI=1S/C17H29N3/c1-17(2,3)18-13-8-4-5-9-15-12-14-20(19-15)16-10-6-7-11-16/h4-5,12,14,16,18H,6-11,13H2,1-3H3. The van der Waals surface area contributed by atoms with E-state index in [1.165, 1.54) is 31.4 Å². The molecule has 3 heteroatoms. The molecule has 1 N–H and O–H groups in total. The van der Waals surface area contributed by atoms with E-state index in [4.69, 9.17) is 5.10 Å². The van der Waals surface area contributed by atoms with E-state index in [9.17, 15) is 0 Å². The minimum Gasteiger partial charge on any atom is -0.312 e. The summed E-state index contributed by atoms with van der Waals surface area (Å²) < 4.78 is 2.18. The van der Waals surface area contributed by atoms with Crippen LogP contribution in [0.3, 0.4) is 0 Å². The van der Waals surface area contributed by atoms with E-state index in [-0.39, 0.29) is 5.54 Å². The van der Waals surface area contributed by atoms with Crippen LogP contribution in [0.1, 0.15) is 64.6 Å². The molecule has 0 atom stereocenters. The average Bonchev–Trinajstić information content (AvgIpc) is 3.02. The van der Waals surface area contributed by atoms with Gasteiger partial charge in [-0.2, -0.15) is 5.10 Å². The second kappa shape index (κ2) is 7.07. The van der Waals surface area contributed by atoms with Crippen molar-refractivity contribution in [2.75, 3.05) is 6.54 Å². The Labute approximate surface area is 123 Å². The van der Waals surface area contributed by atoms with Crippen LogP contribution in [0.5, 0.6) is 0 Å². The molecule has 0 saturated heterocycles. The lowest BCUT2D eigenvalue weighted by Gasteiger charge is -2.19. The molecule has 0 radical (unpaired) electrons. The van der Waals surface area contributed by atoms with Gasteiger partial charge in [-0.25, -0.2) is 0 Å². The zero-order chi connectivity index (χ0) is 14.4. The van der Waals surface area contributed by atoms with E-state index in [2.05, 4.69) is 55.2 Å². The summed E-state index contributed by atoms with van der Waals surface area (Å²) in [6.45, 7) is 7.64. The summed E-state index contributed by atoms with van der Waals surface area (Å²) in [5.74, 6) is 0. The third kappa shape index (κ3) is 5.12. The van der Waals surface area contributed by atoms with Crippen molar-refractivity contribution in [2.24, 2.45) is 0 Å². The van der Waals surface area contributed by atoms with Crippen molar-refractivity contribution in [3.63, 3.8) is 0 Å². The molecule has 20 heavy (non-hydrogen) atoms. The van der Waals surface area contributed by atoms with Crippen LogP contribution in [0.4, 0.5) is 0 Å². The van der Waals surface area contributed by atoms with Crippen molar-refractivity contribution in [3.05, 3.63) is 30.1 Å². The van der Waals surface area contributed by atoms with Crippen LogP contribution in [0.25, 0.3) is 0 Å². The first-order valence-corrected chi connectivity index (χ1v) is 7.99. The molecule has 0 bridgehead atoms. The minimum atomic E-state index is 0.216. The third-order valence-corrected chi connectivity index (χ3v) is 3.82. The molecule has 1 aliphatic rings. The van der Waals surface area contributed by atoms with Gasteiger partial charge in [0.1, 0.15) is 0 Å². The minimum absolute atomic E-state index is 0.216. The molecule has 0 aliphatic heterocycles. The molecular formula is C17H29N3. The Balaban J connectivity index is 1.68. The molecule has 1 fully saturated rings. The Morgan fingerprint density at radius 2 is 2.05 bits per heavy atom. The lowest BCUT2D eigenvalue weighted by atomic mass is 10.1. The van der Waals surface area contributed by atoms with Crippen molar-refractivity contribution in [2.45, 2.75) is 70.9 Å². The SMILES string of the molecule is CC(C)(C)NCCC=CCc1ccn(C2CCCC2)n1. The van der Waals surface area contributed by atoms with Gasteiger partial charge in [0.05, 0.1) is 11.7 Å². The zero-order valence-corrected chi connectivity index (χ0v) is 13.2. The first-order valence-electron chi connectivity index (χ1n) is 7.99. The lowest BCUT2D eigenvalue weighted by molar-refractivity contribution is 0.431. The number of hydrogen-bond acceptors (Lipinski definition) is 2. The summed E-state index contributed by atoms with van der Waals surface area (Å²) >= 11 is 0. The van der Waals surface area contributed by atoms with Crippen molar-refractivity contribution in [3.8, 4) is 0 Å². The van der Waals surface area contributed by atoms with Crippen LogP contribution in [0, 0.1) is 0 Å². The van der Waals surface area contributed by atoms with Gasteiger partial charge in [0.25, 0.3) is 0 Å². The van der Waals surface area contributed by atoms with E-state index in [1.807, 2.05) is 0 Å². The maximum atomic E-state index is 4.70. The largest absolute Gasteiger partial charge is 0.312 e. The van der Waals surface area contributed by atoms with E-state index in [0.29, 0.717) is 6.04 Å². The van der Waals surface area contributed by atoms with Gasteiger partial charge < -0.3 is 5.32 Å². The highest BCUT2D eigenvalue weighted by Crippen LogP contribution is 2.28. The average molecular weight is 275 g/mol. The summed E-state index contributed by atoms with van der Waals surface area (Å²) in [6, 6.07) is 2.82. The third-order valence-electron chi connectivity index (χ3n) is 3.82. The maximum Gasteiger partial charge on any atom is 0.0662 e. The Morgan fingerprint density at radius 1 is 1.30 bits per heavy atom. The molecule has 1 saturated carbocycles. The molecule has 1 aromatic heterocycles. The van der Waals surface area contributed by atoms with Crippen molar-refractivity contribution >= 4 is 0 Å². The molecule has 0 unspecified atom stereocenters. The number of nitrogens with zero attached hydrogens (tertiary/aromatic N) is 2. The fourth-order valence-corrected chi connectivity index (χ4v) is 2.71. The first kappa shape index (κ1) is 15.3. The second-order valence-electron chi connectivity index (χ2n) is 6.87. The van der Waals surface area contributed by atoms with Gasteiger partial charge in [-0.3, -0.25) is 4.68 Å². The molecule has 1 heterocycles. The van der Waals surface area contributed by atoms with Crippen molar-refractivity contribution in [1.29, 1.82) is 0 Å². The molecule has 112 valence electrons. The summed E-state index contributed by atoms with van der Waals surface area (Å²) in [6.07, 6.45) is 14.0. The predicted molar refractivity (Wildman–Crippen MR) is 84.9 cm³/mol. The quantitative estimate of drug-likeness (QED) is 0.631. The van der Waals surface area contributed by atoms with Gasteiger partial charge in [0, 0.05) is 18.2 Å². The normalized spacial score (nSPS) is 17.4. The number of allylic oxidation sites excluding steroid dienone is 1. The molecule has 1 aromatic rings. The molecule has 3 nitrogen and oxygen atoms in total. The van der Waals surface area contributed by atoms with E-state index < -0.39 is 0 Å². The highest BCUT2D eigenvalue weighted by atomic mass is 15.3.